The first kappa shape index (κ1) is 7.96. The van der Waals surface area contributed by atoms with E-state index in [2.05, 4.69) is 32.5 Å². The Hall–Kier alpha value is -0.660. The van der Waals surface area contributed by atoms with Gasteiger partial charge in [0.25, 0.3) is 0 Å². The maximum absolute atomic E-state index is 10.6. The minimum Gasteiger partial charge on any atom is -0.150 e. The van der Waals surface area contributed by atoms with Crippen molar-refractivity contribution >= 4 is 0 Å². The molecule has 2 fully saturated rings. The van der Waals surface area contributed by atoms with E-state index in [1.165, 1.54) is 0 Å². The third-order valence-corrected chi connectivity index (χ3v) is 4.30. The van der Waals surface area contributed by atoms with Crippen molar-refractivity contribution in [3.05, 3.63) is 17.1 Å². The van der Waals surface area contributed by atoms with E-state index >= 15 is 0 Å². The van der Waals surface area contributed by atoms with Crippen molar-refractivity contribution in [2.24, 2.45) is 28.3 Å². The Morgan fingerprint density at radius 1 is 1.50 bits per heavy atom. The summed E-state index contributed by atoms with van der Waals surface area (Å²) in [6.45, 7) is 10.5. The van der Waals surface area contributed by atoms with E-state index in [4.69, 9.17) is 0 Å². The van der Waals surface area contributed by atoms with Crippen molar-refractivity contribution in [3.8, 4) is 0 Å². The molecule has 0 spiro atoms. The first-order valence-electron chi connectivity index (χ1n) is 4.56. The Morgan fingerprint density at radius 2 is 2.08 bits per heavy atom. The van der Waals surface area contributed by atoms with E-state index in [-0.39, 0.29) is 11.5 Å². The van der Waals surface area contributed by atoms with Crippen LogP contribution in [0, 0.1) is 28.1 Å². The minimum atomic E-state index is -0.118. The molecule has 0 heterocycles. The van der Waals surface area contributed by atoms with E-state index in [1.54, 1.807) is 0 Å². The van der Waals surface area contributed by atoms with Crippen molar-refractivity contribution in [2.75, 3.05) is 0 Å². The molecule has 5 unspecified atom stereocenters. The second-order valence-corrected chi connectivity index (χ2v) is 4.55. The molecule has 2 heteroatoms. The van der Waals surface area contributed by atoms with Crippen LogP contribution in [0.1, 0.15) is 20.8 Å². The lowest BCUT2D eigenvalue weighted by molar-refractivity contribution is 0.460. The first-order chi connectivity index (χ1) is 5.55. The third kappa shape index (κ3) is 0.584. The van der Waals surface area contributed by atoms with E-state index in [0.717, 1.165) is 5.57 Å². The largest absolute Gasteiger partial charge is 0.150 e. The lowest BCUT2D eigenvalue weighted by Crippen LogP contribution is -2.17. The molecule has 2 rings (SSSR count). The van der Waals surface area contributed by atoms with Gasteiger partial charge in [0.1, 0.15) is 6.04 Å². The monoisotopic (exact) mass is 165 g/mol. The molecular formula is C10H15NO. The zero-order valence-electron chi connectivity index (χ0n) is 7.87. The normalized spacial score (nSPS) is 56.8. The smallest absolute Gasteiger partial charge is 0.119 e. The van der Waals surface area contributed by atoms with E-state index in [1.807, 2.05) is 0 Å². The third-order valence-electron chi connectivity index (χ3n) is 4.30. The highest BCUT2D eigenvalue weighted by Crippen LogP contribution is 2.72. The molecule has 12 heavy (non-hydrogen) atoms. The van der Waals surface area contributed by atoms with E-state index in [9.17, 15) is 4.91 Å². The number of hydrogen-bond acceptors (Lipinski definition) is 2. The molecule has 66 valence electrons. The van der Waals surface area contributed by atoms with Crippen molar-refractivity contribution in [2.45, 2.75) is 26.8 Å². The molecule has 5 atom stereocenters. The van der Waals surface area contributed by atoms with Gasteiger partial charge in [0.15, 0.2) is 0 Å². The summed E-state index contributed by atoms with van der Waals surface area (Å²) in [5.74, 6) is 1.81. The molecule has 0 aromatic rings. The van der Waals surface area contributed by atoms with Crippen molar-refractivity contribution in [1.82, 2.24) is 0 Å². The van der Waals surface area contributed by atoms with E-state index in [0.29, 0.717) is 17.8 Å². The fraction of sp³-hybridized carbons (Fsp3) is 0.800. The molecule has 2 aliphatic rings. The van der Waals surface area contributed by atoms with Gasteiger partial charge < -0.3 is 0 Å². The van der Waals surface area contributed by atoms with Gasteiger partial charge in [-0.05, 0) is 23.3 Å². The summed E-state index contributed by atoms with van der Waals surface area (Å²) in [6, 6.07) is -0.118. The van der Waals surface area contributed by atoms with Gasteiger partial charge >= 0.3 is 0 Å². The molecule has 0 bridgehead atoms. The zero-order chi connectivity index (χ0) is 9.09. The Bertz CT molecular complexity index is 261. The number of fused-ring (bicyclic) bond motifs is 1. The van der Waals surface area contributed by atoms with Gasteiger partial charge in [-0.1, -0.05) is 32.5 Å². The molecule has 2 nitrogen and oxygen atoms in total. The molecule has 0 aromatic heterocycles. The maximum atomic E-state index is 10.6. The second-order valence-electron chi connectivity index (χ2n) is 4.55. The number of nitrogens with zero attached hydrogens (tertiary/aromatic N) is 1. The van der Waals surface area contributed by atoms with Crippen LogP contribution in [0.2, 0.25) is 0 Å². The Kier molecular flexibility index (Phi) is 1.31. The van der Waals surface area contributed by atoms with Crippen LogP contribution in [-0.2, 0) is 0 Å². The van der Waals surface area contributed by atoms with E-state index < -0.39 is 0 Å². The molecule has 2 saturated carbocycles. The summed E-state index contributed by atoms with van der Waals surface area (Å²) < 4.78 is 0. The van der Waals surface area contributed by atoms with Crippen molar-refractivity contribution in [3.63, 3.8) is 0 Å². The first-order valence-corrected chi connectivity index (χ1v) is 4.56. The summed E-state index contributed by atoms with van der Waals surface area (Å²) in [4.78, 5) is 10.6. The van der Waals surface area contributed by atoms with Crippen LogP contribution in [0.5, 0.6) is 0 Å². The van der Waals surface area contributed by atoms with Crippen LogP contribution in [0.3, 0.4) is 0 Å². The molecular weight excluding hydrogens is 150 g/mol. The van der Waals surface area contributed by atoms with Gasteiger partial charge in [-0.25, -0.2) is 0 Å². The average Bonchev–Trinajstić information content (AvgIpc) is 2.47. The van der Waals surface area contributed by atoms with Crippen molar-refractivity contribution < 1.29 is 0 Å². The quantitative estimate of drug-likeness (QED) is 0.434. The van der Waals surface area contributed by atoms with Crippen LogP contribution in [0.4, 0.5) is 0 Å². The Morgan fingerprint density at radius 3 is 2.42 bits per heavy atom. The average molecular weight is 165 g/mol. The zero-order valence-corrected chi connectivity index (χ0v) is 7.87. The Balaban J connectivity index is 2.36. The molecule has 0 N–H and O–H groups in total. The van der Waals surface area contributed by atoms with Crippen LogP contribution in [0.15, 0.2) is 17.3 Å². The second kappa shape index (κ2) is 1.98. The fourth-order valence-electron chi connectivity index (χ4n) is 3.26. The van der Waals surface area contributed by atoms with Crippen molar-refractivity contribution in [1.29, 1.82) is 0 Å². The molecule has 0 radical (unpaired) electrons. The summed E-state index contributed by atoms with van der Waals surface area (Å²) in [5.41, 5.74) is 1.20. The molecule has 0 aliphatic heterocycles. The predicted molar refractivity (Wildman–Crippen MR) is 48.6 cm³/mol. The molecule has 0 aromatic carbocycles. The summed E-state index contributed by atoms with van der Waals surface area (Å²) in [7, 11) is 0. The van der Waals surface area contributed by atoms with Gasteiger partial charge in [0.05, 0.1) is 0 Å². The van der Waals surface area contributed by atoms with Gasteiger partial charge in [-0.15, -0.1) is 0 Å². The number of nitroso groups, excluding NO2 is 1. The molecule has 0 amide bonds. The number of rotatable bonds is 1. The van der Waals surface area contributed by atoms with Crippen LogP contribution >= 0.6 is 0 Å². The molecule has 0 saturated heterocycles. The lowest BCUT2D eigenvalue weighted by Gasteiger charge is -2.16. The summed E-state index contributed by atoms with van der Waals surface area (Å²) in [5, 5.41) is 3.21. The standard InChI is InChI=1S/C10H15NO/c1-5-6(2)9(11-12)10(4)7(3)8(5)10/h5,7-9H,2H2,1,3-4H3. The lowest BCUT2D eigenvalue weighted by atomic mass is 9.92. The Labute approximate surface area is 73.0 Å². The van der Waals surface area contributed by atoms with Gasteiger partial charge in [0.2, 0.25) is 0 Å². The summed E-state index contributed by atoms with van der Waals surface area (Å²) in [6.07, 6.45) is 0. The minimum absolute atomic E-state index is 0.118. The fourth-order valence-corrected chi connectivity index (χ4v) is 3.26. The highest BCUT2D eigenvalue weighted by atomic mass is 16.3. The van der Waals surface area contributed by atoms with Gasteiger partial charge in [0, 0.05) is 5.41 Å². The number of hydrogen-bond donors (Lipinski definition) is 0. The maximum Gasteiger partial charge on any atom is 0.119 e. The molecule has 2 aliphatic carbocycles. The van der Waals surface area contributed by atoms with Crippen LogP contribution in [-0.4, -0.2) is 6.04 Å². The van der Waals surface area contributed by atoms with Crippen LogP contribution in [0.25, 0.3) is 0 Å². The predicted octanol–water partition coefficient (Wildman–Crippen LogP) is 2.60. The SMILES string of the molecule is C=C1C(C)C2C(C)C2(C)C1N=O. The summed E-state index contributed by atoms with van der Waals surface area (Å²) >= 11 is 0. The highest BCUT2D eigenvalue weighted by Gasteiger charge is 2.71. The van der Waals surface area contributed by atoms with Crippen LogP contribution < -0.4 is 0 Å². The topological polar surface area (TPSA) is 29.4 Å². The van der Waals surface area contributed by atoms with Gasteiger partial charge in [-0.2, -0.15) is 4.91 Å². The highest BCUT2D eigenvalue weighted by molar-refractivity contribution is 5.34. The van der Waals surface area contributed by atoms with Gasteiger partial charge in [-0.3, -0.25) is 0 Å².